The summed E-state index contributed by atoms with van der Waals surface area (Å²) in [6.07, 6.45) is 1.33. The van der Waals surface area contributed by atoms with Gasteiger partial charge in [-0.15, -0.1) is 10.2 Å². The first kappa shape index (κ1) is 11.8. The SMILES string of the molecule is O=C(Cc1nn[nH]n1)NC[C@H]1C[C@@H]1c1ccccc1. The molecule has 0 radical (unpaired) electrons. The van der Waals surface area contributed by atoms with Gasteiger partial charge in [0, 0.05) is 6.54 Å². The van der Waals surface area contributed by atoms with Crippen LogP contribution in [0, 0.1) is 5.92 Å². The van der Waals surface area contributed by atoms with Gasteiger partial charge in [-0.2, -0.15) is 5.21 Å². The number of H-pyrrole nitrogens is 1. The summed E-state index contributed by atoms with van der Waals surface area (Å²) in [5, 5.41) is 16.2. The molecule has 1 aromatic heterocycles. The Kier molecular flexibility index (Phi) is 3.22. The van der Waals surface area contributed by atoms with Crippen molar-refractivity contribution in [2.24, 2.45) is 5.92 Å². The normalized spacial score (nSPS) is 21.1. The van der Waals surface area contributed by atoms with Crippen LogP contribution < -0.4 is 5.32 Å². The first-order valence-electron chi connectivity index (χ1n) is 6.37. The van der Waals surface area contributed by atoms with Crippen LogP contribution in [0.3, 0.4) is 0 Å². The summed E-state index contributed by atoms with van der Waals surface area (Å²) in [5.74, 6) is 1.51. The summed E-state index contributed by atoms with van der Waals surface area (Å²) in [5.41, 5.74) is 1.36. The van der Waals surface area contributed by atoms with Gasteiger partial charge < -0.3 is 5.32 Å². The van der Waals surface area contributed by atoms with Crippen LogP contribution in [0.5, 0.6) is 0 Å². The van der Waals surface area contributed by atoms with Gasteiger partial charge in [0.2, 0.25) is 5.91 Å². The van der Waals surface area contributed by atoms with Crippen molar-refractivity contribution in [3.05, 3.63) is 41.7 Å². The lowest BCUT2D eigenvalue weighted by molar-refractivity contribution is -0.120. The van der Waals surface area contributed by atoms with Crippen LogP contribution in [-0.4, -0.2) is 33.1 Å². The van der Waals surface area contributed by atoms with E-state index in [0.717, 1.165) is 13.0 Å². The molecule has 0 unspecified atom stereocenters. The summed E-state index contributed by atoms with van der Waals surface area (Å²) in [6, 6.07) is 10.4. The second-order valence-electron chi connectivity index (χ2n) is 4.82. The van der Waals surface area contributed by atoms with Crippen molar-refractivity contribution in [3.8, 4) is 0 Å². The molecule has 2 N–H and O–H groups in total. The molecule has 1 aromatic carbocycles. The van der Waals surface area contributed by atoms with Crippen LogP contribution in [0.4, 0.5) is 0 Å². The van der Waals surface area contributed by atoms with Gasteiger partial charge in [-0.05, 0) is 23.8 Å². The third-order valence-corrected chi connectivity index (χ3v) is 3.42. The fraction of sp³-hybridized carbons (Fsp3) is 0.385. The number of tetrazole rings is 1. The number of hydrogen-bond donors (Lipinski definition) is 2. The maximum absolute atomic E-state index is 11.7. The zero-order chi connectivity index (χ0) is 13.1. The van der Waals surface area contributed by atoms with E-state index in [1.807, 2.05) is 6.07 Å². The Morgan fingerprint density at radius 3 is 2.95 bits per heavy atom. The van der Waals surface area contributed by atoms with E-state index in [0.29, 0.717) is 17.7 Å². The predicted molar refractivity (Wildman–Crippen MR) is 68.2 cm³/mol. The number of aromatic nitrogens is 4. The molecule has 1 heterocycles. The Morgan fingerprint density at radius 1 is 1.37 bits per heavy atom. The quantitative estimate of drug-likeness (QED) is 0.824. The number of benzene rings is 1. The van der Waals surface area contributed by atoms with Crippen LogP contribution in [0.1, 0.15) is 23.7 Å². The molecule has 6 heteroatoms. The molecular weight excluding hydrogens is 242 g/mol. The molecule has 0 saturated heterocycles. The molecule has 1 fully saturated rings. The minimum Gasteiger partial charge on any atom is -0.355 e. The van der Waals surface area contributed by atoms with Gasteiger partial charge in [-0.25, -0.2) is 0 Å². The number of amides is 1. The average molecular weight is 257 g/mol. The lowest BCUT2D eigenvalue weighted by Gasteiger charge is -2.03. The van der Waals surface area contributed by atoms with E-state index in [9.17, 15) is 4.79 Å². The topological polar surface area (TPSA) is 83.6 Å². The minimum atomic E-state index is -0.0555. The lowest BCUT2D eigenvalue weighted by atomic mass is 10.1. The van der Waals surface area contributed by atoms with E-state index >= 15 is 0 Å². The first-order chi connectivity index (χ1) is 9.33. The molecule has 1 aliphatic rings. The van der Waals surface area contributed by atoms with Gasteiger partial charge >= 0.3 is 0 Å². The van der Waals surface area contributed by atoms with Gasteiger partial charge in [-0.1, -0.05) is 35.5 Å². The lowest BCUT2D eigenvalue weighted by Crippen LogP contribution is -2.27. The number of carbonyl (C=O) groups excluding carboxylic acids is 1. The van der Waals surface area contributed by atoms with Gasteiger partial charge in [0.1, 0.15) is 0 Å². The monoisotopic (exact) mass is 257 g/mol. The molecule has 3 rings (SSSR count). The van der Waals surface area contributed by atoms with Crippen molar-refractivity contribution in [3.63, 3.8) is 0 Å². The van der Waals surface area contributed by atoms with Crippen molar-refractivity contribution < 1.29 is 4.79 Å². The number of nitrogens with one attached hydrogen (secondary N) is 2. The van der Waals surface area contributed by atoms with Gasteiger partial charge in [0.25, 0.3) is 0 Å². The van der Waals surface area contributed by atoms with E-state index in [2.05, 4.69) is 50.2 Å². The third-order valence-electron chi connectivity index (χ3n) is 3.42. The van der Waals surface area contributed by atoms with E-state index in [4.69, 9.17) is 0 Å². The molecule has 1 aliphatic carbocycles. The molecular formula is C13H15N5O. The predicted octanol–water partition coefficient (Wildman–Crippen LogP) is 0.662. The molecule has 6 nitrogen and oxygen atoms in total. The van der Waals surface area contributed by atoms with E-state index in [1.165, 1.54) is 5.56 Å². The van der Waals surface area contributed by atoms with Crippen LogP contribution in [0.25, 0.3) is 0 Å². The molecule has 19 heavy (non-hydrogen) atoms. The summed E-state index contributed by atoms with van der Waals surface area (Å²) in [6.45, 7) is 0.718. The summed E-state index contributed by atoms with van der Waals surface area (Å²) in [4.78, 5) is 11.7. The van der Waals surface area contributed by atoms with Crippen LogP contribution in [0.2, 0.25) is 0 Å². The average Bonchev–Trinajstić information content (AvgIpc) is 3.05. The zero-order valence-corrected chi connectivity index (χ0v) is 10.4. The third kappa shape index (κ3) is 2.96. The molecule has 1 amide bonds. The highest BCUT2D eigenvalue weighted by molar-refractivity contribution is 5.77. The highest BCUT2D eigenvalue weighted by Gasteiger charge is 2.37. The van der Waals surface area contributed by atoms with E-state index < -0.39 is 0 Å². The Bertz CT molecular complexity index is 539. The second kappa shape index (κ2) is 5.17. The highest BCUT2D eigenvalue weighted by atomic mass is 16.1. The Balaban J connectivity index is 1.43. The maximum Gasteiger partial charge on any atom is 0.227 e. The fourth-order valence-corrected chi connectivity index (χ4v) is 2.29. The van der Waals surface area contributed by atoms with Crippen LogP contribution in [0.15, 0.2) is 30.3 Å². The molecule has 0 bridgehead atoms. The minimum absolute atomic E-state index is 0.0555. The molecule has 98 valence electrons. The standard InChI is InChI=1S/C13H15N5O/c19-13(7-12-15-17-18-16-12)14-8-10-6-11(10)9-4-2-1-3-5-9/h1-5,10-11H,6-8H2,(H,14,19)(H,15,16,17,18)/t10-,11-/m1/s1. The van der Waals surface area contributed by atoms with Crippen LogP contribution >= 0.6 is 0 Å². The number of nitrogens with zero attached hydrogens (tertiary/aromatic N) is 3. The Hall–Kier alpha value is -2.24. The smallest absolute Gasteiger partial charge is 0.227 e. The second-order valence-corrected chi connectivity index (χ2v) is 4.82. The molecule has 0 spiro atoms. The van der Waals surface area contributed by atoms with E-state index in [-0.39, 0.29) is 12.3 Å². The van der Waals surface area contributed by atoms with E-state index in [1.54, 1.807) is 0 Å². The zero-order valence-electron chi connectivity index (χ0n) is 10.4. The van der Waals surface area contributed by atoms with Gasteiger partial charge in [0.05, 0.1) is 6.42 Å². The molecule has 2 aromatic rings. The molecule has 0 aliphatic heterocycles. The van der Waals surface area contributed by atoms with Crippen molar-refractivity contribution >= 4 is 5.91 Å². The number of rotatable bonds is 5. The van der Waals surface area contributed by atoms with Crippen molar-refractivity contribution in [1.82, 2.24) is 25.9 Å². The van der Waals surface area contributed by atoms with Crippen LogP contribution in [-0.2, 0) is 11.2 Å². The number of carbonyl (C=O) groups is 1. The Morgan fingerprint density at radius 2 is 2.21 bits per heavy atom. The Labute approximate surface area is 110 Å². The largest absolute Gasteiger partial charge is 0.355 e. The van der Waals surface area contributed by atoms with Gasteiger partial charge in [-0.3, -0.25) is 4.79 Å². The first-order valence-corrected chi connectivity index (χ1v) is 6.37. The van der Waals surface area contributed by atoms with Crippen molar-refractivity contribution in [2.75, 3.05) is 6.54 Å². The van der Waals surface area contributed by atoms with Gasteiger partial charge in [0.15, 0.2) is 5.82 Å². The fourth-order valence-electron chi connectivity index (χ4n) is 2.29. The highest BCUT2D eigenvalue weighted by Crippen LogP contribution is 2.46. The van der Waals surface area contributed by atoms with Crippen molar-refractivity contribution in [1.29, 1.82) is 0 Å². The number of hydrogen-bond acceptors (Lipinski definition) is 4. The molecule has 1 saturated carbocycles. The maximum atomic E-state index is 11.7. The number of aromatic amines is 1. The summed E-state index contributed by atoms with van der Waals surface area (Å²) < 4.78 is 0. The summed E-state index contributed by atoms with van der Waals surface area (Å²) in [7, 11) is 0. The summed E-state index contributed by atoms with van der Waals surface area (Å²) >= 11 is 0. The molecule has 2 atom stereocenters. The van der Waals surface area contributed by atoms with Crippen molar-refractivity contribution in [2.45, 2.75) is 18.8 Å².